The Bertz CT molecular complexity index is 447. The minimum atomic E-state index is -1.41. The summed E-state index contributed by atoms with van der Waals surface area (Å²) in [6.45, 7) is 6.99. The van der Waals surface area contributed by atoms with Gasteiger partial charge in [0.25, 0.3) is 0 Å². The van der Waals surface area contributed by atoms with E-state index in [9.17, 15) is 13.2 Å². The monoisotopic (exact) mass is 284 g/mol. The average Bonchev–Trinajstić information content (AvgIpc) is 2.46. The van der Waals surface area contributed by atoms with Gasteiger partial charge in [0.05, 0.1) is 0 Å². The second-order valence-electron chi connectivity index (χ2n) is 4.97. The highest BCUT2D eigenvalue weighted by atomic mass is 19.2. The zero-order valence-corrected chi connectivity index (χ0v) is 11.3. The Morgan fingerprint density at radius 1 is 1.20 bits per heavy atom. The number of piperazine rings is 1. The topological polar surface area (TPSA) is 15.3 Å². The van der Waals surface area contributed by atoms with Crippen LogP contribution in [0.2, 0.25) is 0 Å². The van der Waals surface area contributed by atoms with Gasteiger partial charge >= 0.3 is 0 Å². The van der Waals surface area contributed by atoms with Gasteiger partial charge in [-0.05, 0) is 30.5 Å². The van der Waals surface area contributed by atoms with E-state index in [1.807, 2.05) is 0 Å². The van der Waals surface area contributed by atoms with Gasteiger partial charge in [0, 0.05) is 32.2 Å². The van der Waals surface area contributed by atoms with Crippen LogP contribution in [0.1, 0.15) is 24.4 Å². The number of rotatable bonds is 5. The Labute approximate surface area is 117 Å². The molecule has 1 heterocycles. The van der Waals surface area contributed by atoms with Crippen LogP contribution in [0.5, 0.6) is 0 Å². The summed E-state index contributed by atoms with van der Waals surface area (Å²) in [6.07, 6.45) is 3.24. The smallest absolute Gasteiger partial charge is 0.194 e. The standard InChI is InChI=1S/C15H19F3N2/c1-2-3-4-14(20-7-5-19-6-8-20)11-9-12(16)15(18)13(17)10-11/h2,9-10,14,19H,1,3-8H2/t14-/m1/s1. The molecule has 0 unspecified atom stereocenters. The lowest BCUT2D eigenvalue weighted by atomic mass is 9.99. The number of nitrogens with zero attached hydrogens (tertiary/aromatic N) is 1. The number of allylic oxidation sites excluding steroid dienone is 1. The second kappa shape index (κ2) is 6.90. The van der Waals surface area contributed by atoms with Crippen LogP contribution in [0.25, 0.3) is 0 Å². The van der Waals surface area contributed by atoms with Crippen molar-refractivity contribution in [3.8, 4) is 0 Å². The maximum absolute atomic E-state index is 13.4. The van der Waals surface area contributed by atoms with E-state index in [2.05, 4.69) is 16.8 Å². The second-order valence-corrected chi connectivity index (χ2v) is 4.97. The summed E-state index contributed by atoms with van der Waals surface area (Å²) in [5.41, 5.74) is 0.491. The largest absolute Gasteiger partial charge is 0.314 e. The predicted molar refractivity (Wildman–Crippen MR) is 72.9 cm³/mol. The van der Waals surface area contributed by atoms with Gasteiger partial charge in [-0.3, -0.25) is 4.90 Å². The molecule has 5 heteroatoms. The normalized spacial score (nSPS) is 17.9. The molecular formula is C15H19F3N2. The molecule has 0 saturated carbocycles. The van der Waals surface area contributed by atoms with E-state index in [4.69, 9.17) is 0 Å². The van der Waals surface area contributed by atoms with Crippen molar-refractivity contribution < 1.29 is 13.2 Å². The third-order valence-corrected chi connectivity index (χ3v) is 3.63. The SMILES string of the molecule is C=CCC[C@H](c1cc(F)c(F)c(F)c1)N1CCNCC1. The van der Waals surface area contributed by atoms with E-state index in [1.54, 1.807) is 6.08 Å². The molecule has 1 saturated heterocycles. The van der Waals surface area contributed by atoms with E-state index in [-0.39, 0.29) is 6.04 Å². The van der Waals surface area contributed by atoms with Crippen molar-refractivity contribution in [2.75, 3.05) is 26.2 Å². The fourth-order valence-electron chi connectivity index (χ4n) is 2.60. The number of hydrogen-bond donors (Lipinski definition) is 1. The highest BCUT2D eigenvalue weighted by Gasteiger charge is 2.24. The summed E-state index contributed by atoms with van der Waals surface area (Å²) in [6, 6.07) is 2.10. The van der Waals surface area contributed by atoms with Crippen LogP contribution in [0.4, 0.5) is 13.2 Å². The van der Waals surface area contributed by atoms with Crippen LogP contribution in [0.15, 0.2) is 24.8 Å². The van der Waals surface area contributed by atoms with Crippen molar-refractivity contribution in [2.24, 2.45) is 0 Å². The Morgan fingerprint density at radius 3 is 2.35 bits per heavy atom. The molecule has 2 nitrogen and oxygen atoms in total. The van der Waals surface area contributed by atoms with Crippen LogP contribution in [0, 0.1) is 17.5 Å². The molecule has 0 aromatic heterocycles. The van der Waals surface area contributed by atoms with Gasteiger partial charge < -0.3 is 5.32 Å². The Hall–Kier alpha value is -1.33. The number of hydrogen-bond acceptors (Lipinski definition) is 2. The van der Waals surface area contributed by atoms with E-state index >= 15 is 0 Å². The summed E-state index contributed by atoms with van der Waals surface area (Å²) in [5.74, 6) is -3.66. The lowest BCUT2D eigenvalue weighted by Crippen LogP contribution is -2.45. The van der Waals surface area contributed by atoms with Gasteiger partial charge in [0.1, 0.15) is 0 Å². The van der Waals surface area contributed by atoms with Crippen LogP contribution in [0.3, 0.4) is 0 Å². The molecule has 2 rings (SSSR count). The molecule has 20 heavy (non-hydrogen) atoms. The summed E-state index contributed by atoms with van der Waals surface area (Å²) >= 11 is 0. The summed E-state index contributed by atoms with van der Waals surface area (Å²) in [4.78, 5) is 2.17. The van der Waals surface area contributed by atoms with E-state index in [1.165, 1.54) is 0 Å². The number of halogens is 3. The van der Waals surface area contributed by atoms with Gasteiger partial charge in [-0.15, -0.1) is 6.58 Å². The van der Waals surface area contributed by atoms with Crippen molar-refractivity contribution in [3.05, 3.63) is 47.8 Å². The van der Waals surface area contributed by atoms with E-state index < -0.39 is 17.5 Å². The van der Waals surface area contributed by atoms with Crippen LogP contribution < -0.4 is 5.32 Å². The molecule has 1 N–H and O–H groups in total. The average molecular weight is 284 g/mol. The first kappa shape index (κ1) is 15.1. The highest BCUT2D eigenvalue weighted by molar-refractivity contribution is 5.23. The van der Waals surface area contributed by atoms with E-state index in [0.29, 0.717) is 12.0 Å². The lowest BCUT2D eigenvalue weighted by Gasteiger charge is -2.35. The van der Waals surface area contributed by atoms with Crippen molar-refractivity contribution in [1.82, 2.24) is 10.2 Å². The maximum Gasteiger partial charge on any atom is 0.194 e. The van der Waals surface area contributed by atoms with Crippen molar-refractivity contribution in [3.63, 3.8) is 0 Å². The van der Waals surface area contributed by atoms with Crippen molar-refractivity contribution in [1.29, 1.82) is 0 Å². The molecular weight excluding hydrogens is 265 g/mol. The first-order valence-corrected chi connectivity index (χ1v) is 6.83. The quantitative estimate of drug-likeness (QED) is 0.660. The van der Waals surface area contributed by atoms with Crippen LogP contribution in [-0.2, 0) is 0 Å². The first-order chi connectivity index (χ1) is 9.63. The molecule has 0 bridgehead atoms. The Kier molecular flexibility index (Phi) is 5.20. The fourth-order valence-corrected chi connectivity index (χ4v) is 2.60. The fraction of sp³-hybridized carbons (Fsp3) is 0.467. The summed E-state index contributed by atoms with van der Waals surface area (Å²) < 4.78 is 39.9. The van der Waals surface area contributed by atoms with Crippen LogP contribution in [-0.4, -0.2) is 31.1 Å². The zero-order chi connectivity index (χ0) is 14.5. The molecule has 1 aliphatic heterocycles. The van der Waals surface area contributed by atoms with Crippen molar-refractivity contribution in [2.45, 2.75) is 18.9 Å². The van der Waals surface area contributed by atoms with Gasteiger partial charge in [-0.1, -0.05) is 6.08 Å². The number of nitrogens with one attached hydrogen (secondary N) is 1. The molecule has 110 valence electrons. The molecule has 0 aliphatic carbocycles. The van der Waals surface area contributed by atoms with Crippen molar-refractivity contribution >= 4 is 0 Å². The Balaban J connectivity index is 2.27. The molecule has 1 aromatic carbocycles. The lowest BCUT2D eigenvalue weighted by molar-refractivity contribution is 0.165. The predicted octanol–water partition coefficient (Wildman–Crippen LogP) is 3.02. The maximum atomic E-state index is 13.4. The Morgan fingerprint density at radius 2 is 1.80 bits per heavy atom. The number of benzene rings is 1. The summed E-state index contributed by atoms with van der Waals surface area (Å²) in [5, 5.41) is 3.24. The van der Waals surface area contributed by atoms with Gasteiger partial charge in [-0.2, -0.15) is 0 Å². The molecule has 1 atom stereocenters. The molecule has 0 amide bonds. The molecule has 1 fully saturated rings. The molecule has 1 aromatic rings. The summed E-state index contributed by atoms with van der Waals surface area (Å²) in [7, 11) is 0. The molecule has 1 aliphatic rings. The minimum Gasteiger partial charge on any atom is -0.314 e. The van der Waals surface area contributed by atoms with Gasteiger partial charge in [-0.25, -0.2) is 13.2 Å². The third kappa shape index (κ3) is 3.41. The molecule has 0 radical (unpaired) electrons. The van der Waals surface area contributed by atoms with Gasteiger partial charge in [0.2, 0.25) is 0 Å². The van der Waals surface area contributed by atoms with E-state index in [0.717, 1.165) is 44.7 Å². The highest BCUT2D eigenvalue weighted by Crippen LogP contribution is 2.28. The third-order valence-electron chi connectivity index (χ3n) is 3.63. The van der Waals surface area contributed by atoms with Crippen LogP contribution >= 0.6 is 0 Å². The van der Waals surface area contributed by atoms with Gasteiger partial charge in [0.15, 0.2) is 17.5 Å². The minimum absolute atomic E-state index is 0.111. The zero-order valence-electron chi connectivity index (χ0n) is 11.3. The first-order valence-electron chi connectivity index (χ1n) is 6.83. The molecule has 0 spiro atoms.